The maximum absolute atomic E-state index is 11.6. The number of aliphatic carboxylic acids is 1. The van der Waals surface area contributed by atoms with Gasteiger partial charge in [0.05, 0.1) is 5.41 Å². The summed E-state index contributed by atoms with van der Waals surface area (Å²) in [6, 6.07) is 0. The van der Waals surface area contributed by atoms with Crippen molar-refractivity contribution in [2.75, 3.05) is 7.05 Å². The van der Waals surface area contributed by atoms with E-state index in [-0.39, 0.29) is 0 Å². The second kappa shape index (κ2) is 6.53. The van der Waals surface area contributed by atoms with Crippen LogP contribution in [0.5, 0.6) is 0 Å². The van der Waals surface area contributed by atoms with Gasteiger partial charge in [-0.15, -0.1) is 0 Å². The third-order valence-corrected chi connectivity index (χ3v) is 2.58. The van der Waals surface area contributed by atoms with Gasteiger partial charge in [0, 0.05) is 19.2 Å². The molecule has 0 bridgehead atoms. The molecule has 0 heterocycles. The van der Waals surface area contributed by atoms with Crippen molar-refractivity contribution in [2.45, 2.75) is 53.4 Å². The Morgan fingerprint density at radius 3 is 2.10 bits per heavy atom. The number of carbonyl (C=O) groups excluding carboxylic acids is 1. The average Bonchev–Trinajstić information content (AvgIpc) is 2.26. The smallest absolute Gasteiger partial charge is 0.330 e. The normalized spacial score (nSPS) is 13.9. The molecule has 116 valence electrons. The predicted octanol–water partition coefficient (Wildman–Crippen LogP) is 2.02. The van der Waals surface area contributed by atoms with Crippen molar-refractivity contribution in [3.05, 3.63) is 0 Å². The lowest BCUT2D eigenvalue weighted by Gasteiger charge is -2.27. The number of likely N-dealkylation sites (N-methyl/N-ethyl adjacent to an activating group) is 1. The van der Waals surface area contributed by atoms with E-state index in [1.807, 2.05) is 0 Å². The van der Waals surface area contributed by atoms with Crippen LogP contribution in [0.4, 0.5) is 0 Å². The molecular weight excluding hydrogens is 266 g/mol. The molecule has 8 nitrogen and oxygen atoms in total. The third kappa shape index (κ3) is 5.41. The van der Waals surface area contributed by atoms with Gasteiger partial charge in [-0.05, 0) is 39.8 Å². The summed E-state index contributed by atoms with van der Waals surface area (Å²) >= 11 is 0. The number of hydrogen-bond donors (Lipinski definition) is 1. The van der Waals surface area contributed by atoms with Gasteiger partial charge in [-0.3, -0.25) is 9.80 Å². The van der Waals surface area contributed by atoms with Crippen LogP contribution in [-0.2, 0) is 19.2 Å². The molecule has 0 spiro atoms. The molecule has 1 atom stereocenters. The Morgan fingerprint density at radius 2 is 1.70 bits per heavy atom. The number of nitrogens with zero attached hydrogens (tertiary/aromatic N) is 3. The predicted molar refractivity (Wildman–Crippen MR) is 70.4 cm³/mol. The maximum atomic E-state index is 11.6. The van der Waals surface area contributed by atoms with Gasteiger partial charge in [0.25, 0.3) is 6.29 Å². The molecule has 0 amide bonds. The summed E-state index contributed by atoms with van der Waals surface area (Å²) in [7, 11) is 1.45. The molecule has 8 heteroatoms. The van der Waals surface area contributed by atoms with E-state index in [1.165, 1.54) is 27.8 Å². The molecule has 0 aliphatic heterocycles. The summed E-state index contributed by atoms with van der Waals surface area (Å²) in [6.07, 6.45) is -0.910. The molecule has 0 rings (SSSR count). The number of ether oxygens (including phenoxy) is 1. The number of carboxylic acids is 1. The molecule has 0 fully saturated rings. The highest BCUT2D eigenvalue weighted by Crippen LogP contribution is 2.17. The Kier molecular flexibility index (Phi) is 5.93. The summed E-state index contributed by atoms with van der Waals surface area (Å²) in [5.41, 5.74) is -1.87. The maximum Gasteiger partial charge on any atom is 0.330 e. The van der Waals surface area contributed by atoms with Crippen LogP contribution >= 0.6 is 0 Å². The van der Waals surface area contributed by atoms with Crippen LogP contribution in [0.2, 0.25) is 0 Å². The summed E-state index contributed by atoms with van der Waals surface area (Å²) in [5, 5.41) is 17.1. The molecule has 0 saturated carbocycles. The van der Waals surface area contributed by atoms with Crippen LogP contribution < -0.4 is 0 Å². The van der Waals surface area contributed by atoms with Gasteiger partial charge >= 0.3 is 11.9 Å². The van der Waals surface area contributed by atoms with Crippen LogP contribution in [0, 0.1) is 5.41 Å². The molecule has 1 unspecified atom stereocenters. The Bertz CT molecular complexity index is 387. The minimum atomic E-state index is -1.22. The van der Waals surface area contributed by atoms with Crippen molar-refractivity contribution in [1.82, 2.24) is 5.01 Å². The molecule has 0 aliphatic rings. The van der Waals surface area contributed by atoms with Crippen molar-refractivity contribution in [1.29, 1.82) is 0 Å². The van der Waals surface area contributed by atoms with Crippen molar-refractivity contribution < 1.29 is 24.3 Å². The first kappa shape index (κ1) is 18.1. The van der Waals surface area contributed by atoms with E-state index in [0.29, 0.717) is 0 Å². The second-order valence-electron chi connectivity index (χ2n) is 5.89. The molecule has 0 aliphatic carbocycles. The van der Waals surface area contributed by atoms with Gasteiger partial charge in [0.1, 0.15) is 0 Å². The van der Waals surface area contributed by atoms with E-state index in [9.17, 15) is 9.59 Å². The quantitative estimate of drug-likeness (QED) is 0.347. The Balaban J connectivity index is 4.39. The first-order chi connectivity index (χ1) is 8.89. The largest absolute Gasteiger partial charge is 0.479 e. The van der Waals surface area contributed by atoms with Crippen molar-refractivity contribution in [3.63, 3.8) is 0 Å². The van der Waals surface area contributed by atoms with Crippen LogP contribution in [-0.4, -0.2) is 40.9 Å². The lowest BCUT2D eigenvalue weighted by Crippen LogP contribution is -2.44. The van der Waals surface area contributed by atoms with Gasteiger partial charge < -0.3 is 14.7 Å². The zero-order valence-electron chi connectivity index (χ0n) is 13.0. The van der Waals surface area contributed by atoms with Crippen LogP contribution in [0.1, 0.15) is 41.5 Å². The fourth-order valence-corrected chi connectivity index (χ4v) is 0.741. The minimum absolute atomic E-state index is 0.431. The first-order valence-electron chi connectivity index (χ1n) is 6.14. The SMILES string of the molecule is CC(O/N=N\N(C)C(C)(C)C(=O)O)OC(=O)C(C)(C)C. The summed E-state index contributed by atoms with van der Waals surface area (Å²) in [4.78, 5) is 27.4. The number of carbonyl (C=O) groups is 2. The van der Waals surface area contributed by atoms with E-state index in [2.05, 4.69) is 10.5 Å². The fourth-order valence-electron chi connectivity index (χ4n) is 0.741. The van der Waals surface area contributed by atoms with Gasteiger partial charge in [-0.25, -0.2) is 4.79 Å². The van der Waals surface area contributed by atoms with Crippen LogP contribution in [0.3, 0.4) is 0 Å². The van der Waals surface area contributed by atoms with Crippen molar-refractivity contribution in [3.8, 4) is 0 Å². The highest BCUT2D eigenvalue weighted by atomic mass is 16.8. The Hall–Kier alpha value is -1.86. The van der Waals surface area contributed by atoms with Gasteiger partial charge in [0.15, 0.2) is 5.54 Å². The summed E-state index contributed by atoms with van der Waals surface area (Å²) in [5.74, 6) is -1.48. The standard InChI is InChI=1S/C12H23N3O5/c1-8(19-10(18)11(2,3)4)20-14-13-15(7)12(5,6)9(16)17/h8H,1-7H3,(H,16,17)/b14-13-. The fraction of sp³-hybridized carbons (Fsp3) is 0.833. The topological polar surface area (TPSA) is 101 Å². The van der Waals surface area contributed by atoms with E-state index in [1.54, 1.807) is 20.8 Å². The Labute approximate surface area is 118 Å². The van der Waals surface area contributed by atoms with E-state index >= 15 is 0 Å². The lowest BCUT2D eigenvalue weighted by atomic mass is 9.97. The number of rotatable bonds is 6. The average molecular weight is 289 g/mol. The van der Waals surface area contributed by atoms with Crippen molar-refractivity contribution >= 4 is 11.9 Å². The van der Waals surface area contributed by atoms with Gasteiger partial charge in [-0.2, -0.15) is 0 Å². The summed E-state index contributed by atoms with van der Waals surface area (Å²) < 4.78 is 4.98. The molecule has 0 aromatic heterocycles. The molecule has 20 heavy (non-hydrogen) atoms. The zero-order valence-corrected chi connectivity index (χ0v) is 13.0. The van der Waals surface area contributed by atoms with Crippen LogP contribution in [0.25, 0.3) is 0 Å². The third-order valence-electron chi connectivity index (χ3n) is 2.58. The van der Waals surface area contributed by atoms with Crippen LogP contribution in [0.15, 0.2) is 10.5 Å². The highest BCUT2D eigenvalue weighted by molar-refractivity contribution is 5.77. The Morgan fingerprint density at radius 1 is 1.20 bits per heavy atom. The van der Waals surface area contributed by atoms with Crippen molar-refractivity contribution in [2.24, 2.45) is 15.9 Å². The van der Waals surface area contributed by atoms with E-state index in [4.69, 9.17) is 14.7 Å². The van der Waals surface area contributed by atoms with E-state index < -0.39 is 29.2 Å². The number of esters is 1. The second-order valence-corrected chi connectivity index (χ2v) is 5.89. The molecule has 0 radical (unpaired) electrons. The first-order valence-corrected chi connectivity index (χ1v) is 6.14. The monoisotopic (exact) mass is 289 g/mol. The minimum Gasteiger partial charge on any atom is -0.479 e. The lowest BCUT2D eigenvalue weighted by molar-refractivity contribution is -0.187. The van der Waals surface area contributed by atoms with E-state index in [0.717, 1.165) is 5.01 Å². The molecule has 0 aromatic carbocycles. The zero-order chi connectivity index (χ0) is 16.1. The summed E-state index contributed by atoms with van der Waals surface area (Å²) in [6.45, 7) is 9.58. The number of hydrogen-bond acceptors (Lipinski definition) is 6. The molecule has 1 N–H and O–H groups in total. The molecule has 0 saturated heterocycles. The van der Waals surface area contributed by atoms with Gasteiger partial charge in [0.2, 0.25) is 0 Å². The van der Waals surface area contributed by atoms with Gasteiger partial charge in [-0.1, -0.05) is 0 Å². The highest BCUT2D eigenvalue weighted by Gasteiger charge is 2.32. The molecular formula is C12H23N3O5. The number of carboxylic acid groups (broad SMARTS) is 1. The molecule has 0 aromatic rings.